The number of aromatic nitrogens is 3. The third kappa shape index (κ3) is 3.37. The summed E-state index contributed by atoms with van der Waals surface area (Å²) in [4.78, 5) is 28.3. The van der Waals surface area contributed by atoms with Crippen LogP contribution in [0.15, 0.2) is 62.3 Å². The van der Waals surface area contributed by atoms with Gasteiger partial charge in [0.05, 0.1) is 12.1 Å². The molecule has 4 aromatic rings. The van der Waals surface area contributed by atoms with Crippen molar-refractivity contribution in [3.8, 4) is 0 Å². The number of benzene rings is 2. The number of carbonyl (C=O) groups is 1. The Morgan fingerprint density at radius 1 is 1.15 bits per heavy atom. The fraction of sp³-hybridized carbons (Fsp3) is 0.158. The number of nitrogens with zero attached hydrogens (tertiary/aromatic N) is 3. The highest BCUT2D eigenvalue weighted by molar-refractivity contribution is 5.89. The molecule has 0 saturated carbocycles. The van der Waals surface area contributed by atoms with Crippen molar-refractivity contribution < 1.29 is 13.7 Å². The lowest BCUT2D eigenvalue weighted by Crippen LogP contribution is -2.23. The summed E-state index contributed by atoms with van der Waals surface area (Å²) < 4.78 is 11.6. The third-order valence-corrected chi connectivity index (χ3v) is 4.24. The van der Waals surface area contributed by atoms with Crippen molar-refractivity contribution in [3.63, 3.8) is 0 Å². The molecule has 0 aliphatic rings. The fourth-order valence-electron chi connectivity index (χ4n) is 2.78. The zero-order valence-electron chi connectivity index (χ0n) is 14.5. The largest absolute Gasteiger partial charge is 0.420 e. The molecule has 0 saturated heterocycles. The van der Waals surface area contributed by atoms with Crippen LogP contribution in [0.3, 0.4) is 0 Å². The lowest BCUT2D eigenvalue weighted by atomic mass is 10.1. The van der Waals surface area contributed by atoms with Gasteiger partial charge in [-0.3, -0.25) is 9.36 Å². The summed E-state index contributed by atoms with van der Waals surface area (Å²) in [7, 11) is 0. The summed E-state index contributed by atoms with van der Waals surface area (Å²) in [5.41, 5.74) is 3.18. The van der Waals surface area contributed by atoms with Gasteiger partial charge in [-0.2, -0.15) is 4.98 Å². The number of hydrogen-bond acceptors (Lipinski definition) is 6. The van der Waals surface area contributed by atoms with Crippen molar-refractivity contribution in [2.45, 2.75) is 20.0 Å². The molecule has 0 aliphatic heterocycles. The van der Waals surface area contributed by atoms with Gasteiger partial charge in [-0.25, -0.2) is 4.79 Å². The number of carbonyl (C=O) groups excluding carboxylic acids is 1. The summed E-state index contributed by atoms with van der Waals surface area (Å²) >= 11 is 0. The van der Waals surface area contributed by atoms with E-state index >= 15 is 0 Å². The molecule has 0 aliphatic carbocycles. The maximum absolute atomic E-state index is 12.2. The van der Waals surface area contributed by atoms with Crippen LogP contribution >= 0.6 is 0 Å². The van der Waals surface area contributed by atoms with Crippen LogP contribution in [0.2, 0.25) is 0 Å². The lowest BCUT2D eigenvalue weighted by Gasteiger charge is -2.05. The summed E-state index contributed by atoms with van der Waals surface area (Å²) in [5.74, 6) is -0.933. The zero-order valence-corrected chi connectivity index (χ0v) is 14.5. The SMILES string of the molecule is Cc1ccccc1CNC(=O)c1nc(Cn2c(=O)oc3ccccc32)no1. The second-order valence-electron chi connectivity index (χ2n) is 6.05. The number of rotatable bonds is 5. The summed E-state index contributed by atoms with van der Waals surface area (Å²) in [6, 6.07) is 14.8. The molecule has 0 bridgehead atoms. The Morgan fingerprint density at radius 3 is 2.78 bits per heavy atom. The molecule has 1 N–H and O–H groups in total. The van der Waals surface area contributed by atoms with Gasteiger partial charge in [0.1, 0.15) is 0 Å². The molecule has 2 aromatic heterocycles. The standard InChI is InChI=1S/C19H16N4O4/c1-12-6-2-3-7-13(12)10-20-17(24)18-21-16(22-27-18)11-23-14-8-4-5-9-15(14)26-19(23)25/h2-9H,10-11H2,1H3,(H,20,24). The van der Waals surface area contributed by atoms with E-state index in [1.54, 1.807) is 24.3 Å². The molecule has 2 heterocycles. The molecular weight excluding hydrogens is 348 g/mol. The van der Waals surface area contributed by atoms with Gasteiger partial charge in [0.15, 0.2) is 11.4 Å². The Morgan fingerprint density at radius 2 is 1.93 bits per heavy atom. The van der Waals surface area contributed by atoms with E-state index in [1.165, 1.54) is 4.57 Å². The topological polar surface area (TPSA) is 103 Å². The van der Waals surface area contributed by atoms with Crippen LogP contribution in [0.1, 0.15) is 27.6 Å². The second-order valence-corrected chi connectivity index (χ2v) is 6.05. The van der Waals surface area contributed by atoms with Crippen LogP contribution < -0.4 is 11.1 Å². The van der Waals surface area contributed by atoms with Crippen molar-refractivity contribution >= 4 is 17.0 Å². The Labute approximate surface area is 153 Å². The number of aryl methyl sites for hydroxylation is 1. The number of hydrogen-bond donors (Lipinski definition) is 1. The first-order valence-corrected chi connectivity index (χ1v) is 8.35. The molecule has 0 radical (unpaired) electrons. The van der Waals surface area contributed by atoms with Crippen molar-refractivity contribution in [1.29, 1.82) is 0 Å². The second kappa shape index (κ2) is 6.91. The molecule has 2 aromatic carbocycles. The predicted molar refractivity (Wildman–Crippen MR) is 96.2 cm³/mol. The number of fused-ring (bicyclic) bond motifs is 1. The molecule has 0 spiro atoms. The van der Waals surface area contributed by atoms with E-state index in [2.05, 4.69) is 15.5 Å². The molecule has 0 fully saturated rings. The van der Waals surface area contributed by atoms with Crippen LogP contribution in [0.4, 0.5) is 0 Å². The Balaban J connectivity index is 1.48. The van der Waals surface area contributed by atoms with Gasteiger partial charge in [0.2, 0.25) is 0 Å². The molecule has 0 unspecified atom stereocenters. The van der Waals surface area contributed by atoms with E-state index in [-0.39, 0.29) is 18.3 Å². The zero-order chi connectivity index (χ0) is 18.8. The predicted octanol–water partition coefficient (Wildman–Crippen LogP) is 2.26. The van der Waals surface area contributed by atoms with Crippen molar-refractivity contribution in [1.82, 2.24) is 20.0 Å². The highest BCUT2D eigenvalue weighted by Gasteiger charge is 2.17. The van der Waals surface area contributed by atoms with Gasteiger partial charge in [0.25, 0.3) is 0 Å². The minimum Gasteiger partial charge on any atom is -0.408 e. The van der Waals surface area contributed by atoms with E-state index in [4.69, 9.17) is 8.94 Å². The van der Waals surface area contributed by atoms with E-state index in [0.29, 0.717) is 17.6 Å². The third-order valence-electron chi connectivity index (χ3n) is 4.24. The Bertz CT molecular complexity index is 1170. The molecule has 8 nitrogen and oxygen atoms in total. The van der Waals surface area contributed by atoms with Crippen LogP contribution in [0.25, 0.3) is 11.1 Å². The maximum atomic E-state index is 12.2. The molecule has 27 heavy (non-hydrogen) atoms. The van der Waals surface area contributed by atoms with Gasteiger partial charge in [-0.05, 0) is 30.2 Å². The molecular formula is C19H16N4O4. The normalized spacial score (nSPS) is 11.0. The first-order chi connectivity index (χ1) is 13.1. The average molecular weight is 364 g/mol. The van der Waals surface area contributed by atoms with Gasteiger partial charge in [-0.1, -0.05) is 41.6 Å². The van der Waals surface area contributed by atoms with E-state index in [0.717, 1.165) is 11.1 Å². The van der Waals surface area contributed by atoms with Gasteiger partial charge >= 0.3 is 17.6 Å². The number of oxazole rings is 1. The lowest BCUT2D eigenvalue weighted by molar-refractivity contribution is 0.0907. The maximum Gasteiger partial charge on any atom is 0.420 e. The minimum atomic E-state index is -0.522. The Kier molecular flexibility index (Phi) is 4.29. The monoisotopic (exact) mass is 364 g/mol. The van der Waals surface area contributed by atoms with E-state index in [9.17, 15) is 9.59 Å². The summed E-state index contributed by atoms with van der Waals surface area (Å²) in [6.07, 6.45) is 0. The van der Waals surface area contributed by atoms with Crippen LogP contribution in [0.5, 0.6) is 0 Å². The van der Waals surface area contributed by atoms with Crippen LogP contribution in [-0.4, -0.2) is 20.6 Å². The van der Waals surface area contributed by atoms with Crippen LogP contribution in [0, 0.1) is 6.92 Å². The Hall–Kier alpha value is -3.68. The quantitative estimate of drug-likeness (QED) is 0.583. The molecule has 136 valence electrons. The number of nitrogens with one attached hydrogen (secondary N) is 1. The molecule has 8 heteroatoms. The van der Waals surface area contributed by atoms with Crippen molar-refractivity contribution in [2.24, 2.45) is 0 Å². The van der Waals surface area contributed by atoms with Crippen molar-refractivity contribution in [2.75, 3.05) is 0 Å². The average Bonchev–Trinajstić information content (AvgIpc) is 3.26. The summed E-state index contributed by atoms with van der Waals surface area (Å²) in [5, 5.41) is 6.53. The number of para-hydroxylation sites is 2. The molecule has 1 amide bonds. The van der Waals surface area contributed by atoms with E-state index in [1.807, 2.05) is 31.2 Å². The van der Waals surface area contributed by atoms with Crippen LogP contribution in [-0.2, 0) is 13.1 Å². The van der Waals surface area contributed by atoms with Gasteiger partial charge in [0, 0.05) is 6.54 Å². The van der Waals surface area contributed by atoms with Gasteiger partial charge in [-0.15, -0.1) is 0 Å². The smallest absolute Gasteiger partial charge is 0.408 e. The minimum absolute atomic E-state index is 0.0461. The van der Waals surface area contributed by atoms with E-state index < -0.39 is 11.7 Å². The molecule has 4 rings (SSSR count). The highest BCUT2D eigenvalue weighted by Crippen LogP contribution is 2.13. The fourth-order valence-corrected chi connectivity index (χ4v) is 2.78. The van der Waals surface area contributed by atoms with Gasteiger partial charge < -0.3 is 14.3 Å². The number of amides is 1. The first-order valence-electron chi connectivity index (χ1n) is 8.35. The summed E-state index contributed by atoms with van der Waals surface area (Å²) in [6.45, 7) is 2.37. The first kappa shape index (κ1) is 16.8. The molecule has 0 atom stereocenters. The highest BCUT2D eigenvalue weighted by atomic mass is 16.5. The van der Waals surface area contributed by atoms with Crippen molar-refractivity contribution in [3.05, 3.63) is 81.9 Å².